The lowest BCUT2D eigenvalue weighted by Crippen LogP contribution is -2.37. The van der Waals surface area contributed by atoms with Crippen molar-refractivity contribution in [1.82, 2.24) is 4.90 Å². The minimum absolute atomic E-state index is 0.227. The van der Waals surface area contributed by atoms with Crippen molar-refractivity contribution in [2.45, 2.75) is 26.3 Å². The number of likely N-dealkylation sites (tertiary alicyclic amines) is 1. The highest BCUT2D eigenvalue weighted by Gasteiger charge is 2.39. The van der Waals surface area contributed by atoms with Gasteiger partial charge in [-0.05, 0) is 32.4 Å². The van der Waals surface area contributed by atoms with E-state index < -0.39 is 11.9 Å². The van der Waals surface area contributed by atoms with Gasteiger partial charge in [0.1, 0.15) is 5.76 Å². The van der Waals surface area contributed by atoms with E-state index in [0.29, 0.717) is 18.7 Å². The summed E-state index contributed by atoms with van der Waals surface area (Å²) in [7, 11) is 0. The number of aliphatic carboxylic acids is 1. The zero-order valence-electron chi connectivity index (χ0n) is 9.84. The molecule has 2 atom stereocenters. The van der Waals surface area contributed by atoms with E-state index in [1.54, 1.807) is 30.9 Å². The van der Waals surface area contributed by atoms with Crippen LogP contribution in [0.5, 0.6) is 0 Å². The van der Waals surface area contributed by atoms with Crippen molar-refractivity contribution >= 4 is 11.9 Å². The van der Waals surface area contributed by atoms with Crippen molar-refractivity contribution in [3.05, 3.63) is 23.7 Å². The normalized spacial score (nSPS) is 24.0. The van der Waals surface area contributed by atoms with Gasteiger partial charge in [-0.2, -0.15) is 0 Å². The molecule has 1 N–H and O–H groups in total. The zero-order valence-corrected chi connectivity index (χ0v) is 9.84. The van der Waals surface area contributed by atoms with Crippen LogP contribution >= 0.6 is 0 Å². The van der Waals surface area contributed by atoms with Gasteiger partial charge in [-0.1, -0.05) is 0 Å². The number of amides is 1. The highest BCUT2D eigenvalue weighted by atomic mass is 16.4. The lowest BCUT2D eigenvalue weighted by molar-refractivity contribution is -0.142. The van der Waals surface area contributed by atoms with Crippen LogP contribution in [-0.4, -0.2) is 34.5 Å². The summed E-state index contributed by atoms with van der Waals surface area (Å²) < 4.78 is 5.26. The summed E-state index contributed by atoms with van der Waals surface area (Å²) in [5, 5.41) is 9.00. The highest BCUT2D eigenvalue weighted by Crippen LogP contribution is 2.26. The first-order valence-electron chi connectivity index (χ1n) is 5.61. The summed E-state index contributed by atoms with van der Waals surface area (Å²) in [4.78, 5) is 24.6. The van der Waals surface area contributed by atoms with Gasteiger partial charge in [-0.15, -0.1) is 0 Å². The third-order valence-corrected chi connectivity index (χ3v) is 3.28. The molecule has 0 bridgehead atoms. The maximum Gasteiger partial charge on any atom is 0.308 e. The average molecular weight is 237 g/mol. The number of rotatable bonds is 2. The molecule has 0 aromatic carbocycles. The molecule has 0 spiro atoms. The molecule has 0 aliphatic carbocycles. The molecule has 1 aliphatic heterocycles. The molecule has 1 aromatic heterocycles. The molecule has 2 heterocycles. The molecular formula is C12H15NO4. The molecule has 1 fully saturated rings. The van der Waals surface area contributed by atoms with Gasteiger partial charge in [0.05, 0.1) is 5.92 Å². The van der Waals surface area contributed by atoms with Crippen LogP contribution in [0.4, 0.5) is 0 Å². The van der Waals surface area contributed by atoms with Crippen LogP contribution in [0.1, 0.15) is 29.7 Å². The molecule has 0 radical (unpaired) electrons. The number of furan rings is 1. The summed E-state index contributed by atoms with van der Waals surface area (Å²) in [5.74, 6) is -0.594. The molecule has 2 unspecified atom stereocenters. The van der Waals surface area contributed by atoms with Gasteiger partial charge in [0.2, 0.25) is 0 Å². The van der Waals surface area contributed by atoms with Crippen molar-refractivity contribution in [1.29, 1.82) is 0 Å². The van der Waals surface area contributed by atoms with E-state index in [1.165, 1.54) is 0 Å². The Morgan fingerprint density at radius 2 is 2.18 bits per heavy atom. The fourth-order valence-corrected chi connectivity index (χ4v) is 2.25. The molecule has 2 rings (SSSR count). The second kappa shape index (κ2) is 4.24. The molecule has 5 nitrogen and oxygen atoms in total. The SMILES string of the molecule is Cc1ccc(C(=O)N2CCC(C(=O)O)C2C)o1. The predicted octanol–water partition coefficient (Wildman–Crippen LogP) is 1.52. The Hall–Kier alpha value is -1.78. The Labute approximate surface area is 99.0 Å². The lowest BCUT2D eigenvalue weighted by Gasteiger charge is -2.22. The van der Waals surface area contributed by atoms with E-state index in [-0.39, 0.29) is 17.7 Å². The maximum absolute atomic E-state index is 12.1. The first kappa shape index (κ1) is 11.7. The first-order chi connectivity index (χ1) is 8.00. The van der Waals surface area contributed by atoms with E-state index in [2.05, 4.69) is 0 Å². The average Bonchev–Trinajstić information content (AvgIpc) is 2.83. The van der Waals surface area contributed by atoms with Gasteiger partial charge >= 0.3 is 5.97 Å². The minimum Gasteiger partial charge on any atom is -0.481 e. The standard InChI is InChI=1S/C12H15NO4/c1-7-3-4-10(17-7)11(14)13-6-5-9(8(13)2)12(15)16/h3-4,8-9H,5-6H2,1-2H3,(H,15,16). The number of carboxylic acids is 1. The fourth-order valence-electron chi connectivity index (χ4n) is 2.25. The lowest BCUT2D eigenvalue weighted by atomic mass is 10.0. The van der Waals surface area contributed by atoms with E-state index >= 15 is 0 Å². The van der Waals surface area contributed by atoms with Gasteiger partial charge in [-0.3, -0.25) is 9.59 Å². The second-order valence-corrected chi connectivity index (χ2v) is 4.38. The Morgan fingerprint density at radius 1 is 1.47 bits per heavy atom. The number of aryl methyl sites for hydroxylation is 1. The maximum atomic E-state index is 12.1. The molecule has 92 valence electrons. The number of hydrogen-bond acceptors (Lipinski definition) is 3. The topological polar surface area (TPSA) is 70.8 Å². The molecule has 1 aliphatic rings. The monoisotopic (exact) mass is 237 g/mol. The van der Waals surface area contributed by atoms with Crippen molar-refractivity contribution in [2.24, 2.45) is 5.92 Å². The molecule has 0 saturated carbocycles. The van der Waals surface area contributed by atoms with E-state index in [4.69, 9.17) is 9.52 Å². The fraction of sp³-hybridized carbons (Fsp3) is 0.500. The predicted molar refractivity (Wildman–Crippen MR) is 59.7 cm³/mol. The van der Waals surface area contributed by atoms with Gasteiger partial charge in [0.15, 0.2) is 5.76 Å². The van der Waals surface area contributed by atoms with Crippen LogP contribution in [0.15, 0.2) is 16.5 Å². The van der Waals surface area contributed by atoms with Crippen LogP contribution in [0.2, 0.25) is 0 Å². The molecule has 5 heteroatoms. The minimum atomic E-state index is -0.844. The Bertz CT molecular complexity index is 451. The van der Waals surface area contributed by atoms with Crippen LogP contribution < -0.4 is 0 Å². The van der Waals surface area contributed by atoms with Crippen molar-refractivity contribution in [3.8, 4) is 0 Å². The first-order valence-corrected chi connectivity index (χ1v) is 5.61. The number of carboxylic acid groups (broad SMARTS) is 1. The number of hydrogen-bond donors (Lipinski definition) is 1. The zero-order chi connectivity index (χ0) is 12.6. The summed E-state index contributed by atoms with van der Waals surface area (Å²) in [6, 6.07) is 3.06. The molecule has 1 amide bonds. The summed E-state index contributed by atoms with van der Waals surface area (Å²) >= 11 is 0. The summed E-state index contributed by atoms with van der Waals surface area (Å²) in [5.41, 5.74) is 0. The van der Waals surface area contributed by atoms with Gasteiger partial charge in [-0.25, -0.2) is 0 Å². The van der Waals surface area contributed by atoms with Crippen molar-refractivity contribution in [3.63, 3.8) is 0 Å². The highest BCUT2D eigenvalue weighted by molar-refractivity contribution is 5.92. The Morgan fingerprint density at radius 3 is 2.65 bits per heavy atom. The summed E-state index contributed by atoms with van der Waals surface area (Å²) in [6.07, 6.45) is 0.502. The third kappa shape index (κ3) is 2.05. The van der Waals surface area contributed by atoms with Gasteiger partial charge < -0.3 is 14.4 Å². The van der Waals surface area contributed by atoms with Gasteiger partial charge in [0.25, 0.3) is 5.91 Å². The van der Waals surface area contributed by atoms with Crippen LogP contribution in [0, 0.1) is 12.8 Å². The molecular weight excluding hydrogens is 222 g/mol. The molecule has 1 saturated heterocycles. The Balaban J connectivity index is 2.14. The van der Waals surface area contributed by atoms with E-state index in [9.17, 15) is 9.59 Å². The van der Waals surface area contributed by atoms with Crippen LogP contribution in [-0.2, 0) is 4.79 Å². The van der Waals surface area contributed by atoms with Crippen molar-refractivity contribution in [2.75, 3.05) is 6.54 Å². The van der Waals surface area contributed by atoms with Crippen LogP contribution in [0.25, 0.3) is 0 Å². The van der Waals surface area contributed by atoms with E-state index in [1.807, 2.05) is 0 Å². The number of carbonyl (C=O) groups is 2. The quantitative estimate of drug-likeness (QED) is 0.846. The van der Waals surface area contributed by atoms with E-state index in [0.717, 1.165) is 0 Å². The number of carbonyl (C=O) groups excluding carboxylic acids is 1. The Kier molecular flexibility index (Phi) is 2.92. The largest absolute Gasteiger partial charge is 0.481 e. The van der Waals surface area contributed by atoms with Gasteiger partial charge in [0, 0.05) is 12.6 Å². The smallest absolute Gasteiger partial charge is 0.308 e. The second-order valence-electron chi connectivity index (χ2n) is 4.38. The van der Waals surface area contributed by atoms with Crippen molar-refractivity contribution < 1.29 is 19.1 Å². The molecule has 1 aromatic rings. The van der Waals surface area contributed by atoms with Crippen LogP contribution in [0.3, 0.4) is 0 Å². The third-order valence-electron chi connectivity index (χ3n) is 3.28. The summed E-state index contributed by atoms with van der Waals surface area (Å²) in [6.45, 7) is 4.00. The number of nitrogens with zero attached hydrogens (tertiary/aromatic N) is 1. The molecule has 17 heavy (non-hydrogen) atoms.